The summed E-state index contributed by atoms with van der Waals surface area (Å²) in [4.78, 5) is 33.9. The van der Waals surface area contributed by atoms with E-state index in [1.807, 2.05) is 24.3 Å². The number of amides is 2. The minimum Gasteiger partial charge on any atom is -0.355 e. The van der Waals surface area contributed by atoms with Crippen LogP contribution < -0.4 is 10.6 Å². The molecule has 5 nitrogen and oxygen atoms in total. The Bertz CT molecular complexity index is 552. The first kappa shape index (κ1) is 19.7. The van der Waals surface area contributed by atoms with Gasteiger partial charge in [-0.3, -0.25) is 14.4 Å². The smallest absolute Gasteiger partial charge is 0.230 e. The fourth-order valence-electron chi connectivity index (χ4n) is 1.82. The summed E-state index contributed by atoms with van der Waals surface area (Å²) in [5.74, 6) is 0.0345. The van der Waals surface area contributed by atoms with Crippen LogP contribution in [0.1, 0.15) is 32.6 Å². The van der Waals surface area contributed by atoms with E-state index in [1.165, 1.54) is 6.92 Å². The average Bonchev–Trinajstić information content (AvgIpc) is 2.48. The third-order valence-electron chi connectivity index (χ3n) is 2.92. The van der Waals surface area contributed by atoms with Crippen molar-refractivity contribution in [3.8, 4) is 0 Å². The molecule has 126 valence electrons. The van der Waals surface area contributed by atoms with Gasteiger partial charge in [-0.1, -0.05) is 40.2 Å². The van der Waals surface area contributed by atoms with Crippen LogP contribution in [0.2, 0.25) is 0 Å². The molecule has 0 saturated heterocycles. The molecule has 2 amide bonds. The second-order valence-corrected chi connectivity index (χ2v) is 7.07. The van der Waals surface area contributed by atoms with Crippen LogP contribution in [0, 0.1) is 0 Å². The summed E-state index contributed by atoms with van der Waals surface area (Å²) in [6, 6.07) is 7.47. The van der Waals surface area contributed by atoms with Crippen molar-refractivity contribution in [2.24, 2.45) is 0 Å². The Morgan fingerprint density at radius 1 is 1.13 bits per heavy atom. The molecular weight excluding hydrogens is 380 g/mol. The summed E-state index contributed by atoms with van der Waals surface area (Å²) in [6.07, 6.45) is 2.92. The summed E-state index contributed by atoms with van der Waals surface area (Å²) in [5.41, 5.74) is 0.777. The predicted octanol–water partition coefficient (Wildman–Crippen LogP) is 3.34. The minimum atomic E-state index is -0.127. The molecule has 7 heteroatoms. The zero-order chi connectivity index (χ0) is 17.1. The van der Waals surface area contributed by atoms with Gasteiger partial charge in [0, 0.05) is 30.0 Å². The van der Waals surface area contributed by atoms with Crippen LogP contribution in [0.4, 0.5) is 5.69 Å². The first-order valence-corrected chi connectivity index (χ1v) is 9.20. The highest BCUT2D eigenvalue weighted by atomic mass is 79.9. The van der Waals surface area contributed by atoms with Crippen molar-refractivity contribution in [2.45, 2.75) is 32.6 Å². The quantitative estimate of drug-likeness (QED) is 0.623. The Morgan fingerprint density at radius 2 is 1.91 bits per heavy atom. The first-order chi connectivity index (χ1) is 11.0. The second kappa shape index (κ2) is 11.2. The zero-order valence-corrected chi connectivity index (χ0v) is 15.5. The molecule has 0 radical (unpaired) electrons. The maximum absolute atomic E-state index is 11.8. The predicted molar refractivity (Wildman–Crippen MR) is 97.4 cm³/mol. The molecule has 0 aliphatic heterocycles. The number of unbranched alkanes of at least 4 members (excludes halogenated alkanes) is 2. The van der Waals surface area contributed by atoms with Gasteiger partial charge in [0.15, 0.2) is 5.12 Å². The number of hydrogen-bond donors (Lipinski definition) is 2. The van der Waals surface area contributed by atoms with Crippen LogP contribution >= 0.6 is 27.7 Å². The summed E-state index contributed by atoms with van der Waals surface area (Å²) in [5, 5.41) is 5.54. The van der Waals surface area contributed by atoms with E-state index in [0.717, 1.165) is 41.2 Å². The number of rotatable bonds is 9. The standard InChI is InChI=1S/C16H21BrN2O3S/c1-12(20)23-11-16(22)18-9-4-2-3-8-15(21)19-14-7-5-6-13(17)10-14/h5-7,10H,2-4,8-9,11H2,1H3,(H,18,22)(H,19,21). The lowest BCUT2D eigenvalue weighted by molar-refractivity contribution is -0.119. The normalized spacial score (nSPS) is 10.2. The van der Waals surface area contributed by atoms with Crippen molar-refractivity contribution in [1.82, 2.24) is 5.32 Å². The van der Waals surface area contributed by atoms with Gasteiger partial charge in [0.05, 0.1) is 5.75 Å². The number of carbonyl (C=O) groups is 3. The largest absolute Gasteiger partial charge is 0.355 e. The van der Waals surface area contributed by atoms with Gasteiger partial charge in [-0.15, -0.1) is 0 Å². The molecule has 0 unspecified atom stereocenters. The topological polar surface area (TPSA) is 75.3 Å². The van der Waals surface area contributed by atoms with Crippen LogP contribution in [0.5, 0.6) is 0 Å². The molecule has 0 aliphatic carbocycles. The lowest BCUT2D eigenvalue weighted by Gasteiger charge is -2.06. The Kier molecular flexibility index (Phi) is 9.63. The van der Waals surface area contributed by atoms with Crippen molar-refractivity contribution in [2.75, 3.05) is 17.6 Å². The van der Waals surface area contributed by atoms with E-state index in [9.17, 15) is 14.4 Å². The Morgan fingerprint density at radius 3 is 2.61 bits per heavy atom. The Labute approximate surface area is 149 Å². The van der Waals surface area contributed by atoms with Gasteiger partial charge >= 0.3 is 0 Å². The molecule has 0 bridgehead atoms. The molecule has 0 saturated carbocycles. The van der Waals surface area contributed by atoms with Crippen molar-refractivity contribution in [3.63, 3.8) is 0 Å². The van der Waals surface area contributed by atoms with Crippen LogP contribution in [-0.4, -0.2) is 29.2 Å². The number of carbonyl (C=O) groups excluding carboxylic acids is 3. The molecule has 23 heavy (non-hydrogen) atoms. The summed E-state index contributed by atoms with van der Waals surface area (Å²) in [7, 11) is 0. The maximum atomic E-state index is 11.8. The molecule has 1 rings (SSSR count). The lowest BCUT2D eigenvalue weighted by Crippen LogP contribution is -2.26. The van der Waals surface area contributed by atoms with Gasteiger partial charge in [0.2, 0.25) is 11.8 Å². The SMILES string of the molecule is CC(=O)SCC(=O)NCCCCCC(=O)Nc1cccc(Br)c1. The van der Waals surface area contributed by atoms with Gasteiger partial charge in [-0.05, 0) is 31.0 Å². The minimum absolute atomic E-state index is 0.00927. The van der Waals surface area contributed by atoms with Crippen LogP contribution in [-0.2, 0) is 14.4 Å². The maximum Gasteiger partial charge on any atom is 0.230 e. The van der Waals surface area contributed by atoms with Gasteiger partial charge in [-0.25, -0.2) is 0 Å². The Hall–Kier alpha value is -1.34. The van der Waals surface area contributed by atoms with E-state index >= 15 is 0 Å². The van der Waals surface area contributed by atoms with Gasteiger partial charge in [-0.2, -0.15) is 0 Å². The fourth-order valence-corrected chi connectivity index (χ4v) is 2.66. The van der Waals surface area contributed by atoms with Crippen LogP contribution in [0.15, 0.2) is 28.7 Å². The molecule has 0 aliphatic rings. The van der Waals surface area contributed by atoms with Crippen LogP contribution in [0.25, 0.3) is 0 Å². The average molecular weight is 401 g/mol. The summed E-state index contributed by atoms with van der Waals surface area (Å²) >= 11 is 4.36. The molecule has 1 aromatic carbocycles. The number of benzene rings is 1. The van der Waals surface area contributed by atoms with Crippen molar-refractivity contribution in [3.05, 3.63) is 28.7 Å². The zero-order valence-electron chi connectivity index (χ0n) is 13.1. The number of anilines is 1. The highest BCUT2D eigenvalue weighted by molar-refractivity contribution is 9.10. The van der Waals surface area contributed by atoms with E-state index < -0.39 is 0 Å². The van der Waals surface area contributed by atoms with Crippen molar-refractivity contribution >= 4 is 50.3 Å². The third kappa shape index (κ3) is 10.1. The fraction of sp³-hybridized carbons (Fsp3) is 0.438. The first-order valence-electron chi connectivity index (χ1n) is 7.43. The van der Waals surface area contributed by atoms with E-state index in [0.29, 0.717) is 13.0 Å². The molecule has 0 fully saturated rings. The van der Waals surface area contributed by atoms with Crippen LogP contribution in [0.3, 0.4) is 0 Å². The molecule has 0 aromatic heterocycles. The number of hydrogen-bond acceptors (Lipinski definition) is 4. The Balaban J connectivity index is 2.05. The highest BCUT2D eigenvalue weighted by Gasteiger charge is 2.04. The van der Waals surface area contributed by atoms with E-state index in [4.69, 9.17) is 0 Å². The van der Waals surface area contributed by atoms with Gasteiger partial charge < -0.3 is 10.6 Å². The number of halogens is 1. The number of nitrogens with one attached hydrogen (secondary N) is 2. The van der Waals surface area contributed by atoms with Crippen molar-refractivity contribution < 1.29 is 14.4 Å². The lowest BCUT2D eigenvalue weighted by atomic mass is 10.2. The van der Waals surface area contributed by atoms with Crippen molar-refractivity contribution in [1.29, 1.82) is 0 Å². The summed E-state index contributed by atoms with van der Waals surface area (Å²) < 4.78 is 0.925. The molecular formula is C16H21BrN2O3S. The van der Waals surface area contributed by atoms with E-state index in [-0.39, 0.29) is 22.7 Å². The van der Waals surface area contributed by atoms with E-state index in [1.54, 1.807) is 0 Å². The third-order valence-corrected chi connectivity index (χ3v) is 4.22. The van der Waals surface area contributed by atoms with Gasteiger partial charge in [0.25, 0.3) is 0 Å². The molecule has 0 heterocycles. The highest BCUT2D eigenvalue weighted by Crippen LogP contribution is 2.16. The van der Waals surface area contributed by atoms with Gasteiger partial charge in [0.1, 0.15) is 0 Å². The van der Waals surface area contributed by atoms with E-state index in [2.05, 4.69) is 26.6 Å². The summed E-state index contributed by atoms with van der Waals surface area (Å²) in [6.45, 7) is 2.02. The molecule has 2 N–H and O–H groups in total. The monoisotopic (exact) mass is 400 g/mol. The second-order valence-electron chi connectivity index (χ2n) is 5.00. The molecule has 0 atom stereocenters. The molecule has 1 aromatic rings. The number of thioether (sulfide) groups is 1. The molecule has 0 spiro atoms.